The van der Waals surface area contributed by atoms with E-state index in [4.69, 9.17) is 0 Å². The van der Waals surface area contributed by atoms with Crippen molar-refractivity contribution in [2.24, 2.45) is 5.41 Å². The van der Waals surface area contributed by atoms with E-state index in [9.17, 15) is 9.59 Å². The SMILES string of the molecule is CNC(=O)C1(Cc2ccc(-c3cccnc3)cc2)CCN(C(=O)CCc2ccccc2)CC1. The van der Waals surface area contributed by atoms with Gasteiger partial charge in [-0.2, -0.15) is 0 Å². The molecule has 0 radical (unpaired) electrons. The number of piperidine rings is 1. The van der Waals surface area contributed by atoms with Gasteiger partial charge < -0.3 is 10.2 Å². The molecular weight excluding hydrogens is 410 g/mol. The number of aryl methyl sites for hydroxylation is 1. The Hall–Kier alpha value is -3.47. The third-order valence-electron chi connectivity index (χ3n) is 6.74. The maximum absolute atomic E-state index is 12.9. The summed E-state index contributed by atoms with van der Waals surface area (Å²) in [5, 5.41) is 2.87. The number of carbonyl (C=O) groups excluding carboxylic acids is 2. The molecule has 5 heteroatoms. The topological polar surface area (TPSA) is 62.3 Å². The first-order valence-electron chi connectivity index (χ1n) is 11.6. The molecular formula is C28H31N3O2. The smallest absolute Gasteiger partial charge is 0.226 e. The molecule has 170 valence electrons. The molecule has 33 heavy (non-hydrogen) atoms. The number of likely N-dealkylation sites (tertiary alicyclic amines) is 1. The number of hydrogen-bond donors (Lipinski definition) is 1. The normalized spacial score (nSPS) is 15.1. The minimum atomic E-state index is -0.485. The average Bonchev–Trinajstić information content (AvgIpc) is 2.88. The van der Waals surface area contributed by atoms with Crippen LogP contribution in [0.25, 0.3) is 11.1 Å². The van der Waals surface area contributed by atoms with E-state index in [0.717, 1.165) is 23.1 Å². The molecule has 5 nitrogen and oxygen atoms in total. The quantitative estimate of drug-likeness (QED) is 0.595. The fraction of sp³-hybridized carbons (Fsp3) is 0.321. The number of aromatic nitrogens is 1. The van der Waals surface area contributed by atoms with Crippen molar-refractivity contribution in [3.63, 3.8) is 0 Å². The molecule has 0 aliphatic carbocycles. The van der Waals surface area contributed by atoms with Gasteiger partial charge in [-0.1, -0.05) is 60.7 Å². The molecule has 0 bridgehead atoms. The number of nitrogens with zero attached hydrogens (tertiary/aromatic N) is 2. The predicted octanol–water partition coefficient (Wildman–Crippen LogP) is 4.28. The molecule has 1 fully saturated rings. The Kier molecular flexibility index (Phi) is 7.18. The fourth-order valence-electron chi connectivity index (χ4n) is 4.73. The molecule has 2 heterocycles. The number of benzene rings is 2. The summed E-state index contributed by atoms with van der Waals surface area (Å²) >= 11 is 0. The van der Waals surface area contributed by atoms with Crippen molar-refractivity contribution >= 4 is 11.8 Å². The van der Waals surface area contributed by atoms with Crippen LogP contribution in [-0.4, -0.2) is 41.8 Å². The first kappa shape index (κ1) is 22.7. The molecule has 4 rings (SSSR count). The van der Waals surface area contributed by atoms with Crippen molar-refractivity contribution in [1.82, 2.24) is 15.2 Å². The Bertz CT molecular complexity index is 1060. The summed E-state index contributed by atoms with van der Waals surface area (Å²) < 4.78 is 0. The van der Waals surface area contributed by atoms with Crippen molar-refractivity contribution in [2.75, 3.05) is 20.1 Å². The summed E-state index contributed by atoms with van der Waals surface area (Å²) in [4.78, 5) is 31.8. The largest absolute Gasteiger partial charge is 0.359 e. The van der Waals surface area contributed by atoms with Gasteiger partial charge in [-0.05, 0) is 54.0 Å². The van der Waals surface area contributed by atoms with E-state index in [-0.39, 0.29) is 11.8 Å². The van der Waals surface area contributed by atoms with Crippen molar-refractivity contribution < 1.29 is 9.59 Å². The number of rotatable bonds is 7. The van der Waals surface area contributed by atoms with E-state index in [1.165, 1.54) is 5.56 Å². The lowest BCUT2D eigenvalue weighted by Gasteiger charge is -2.40. The lowest BCUT2D eigenvalue weighted by molar-refractivity contribution is -0.140. The van der Waals surface area contributed by atoms with Crippen molar-refractivity contribution in [3.05, 3.63) is 90.3 Å². The van der Waals surface area contributed by atoms with E-state index >= 15 is 0 Å². The molecule has 2 amide bonds. The van der Waals surface area contributed by atoms with Gasteiger partial charge in [0.05, 0.1) is 5.41 Å². The maximum Gasteiger partial charge on any atom is 0.226 e. The number of hydrogen-bond acceptors (Lipinski definition) is 3. The molecule has 0 spiro atoms. The van der Waals surface area contributed by atoms with Crippen LogP contribution in [0.1, 0.15) is 30.4 Å². The Morgan fingerprint density at radius 2 is 1.64 bits per heavy atom. The molecule has 1 N–H and O–H groups in total. The molecule has 1 saturated heterocycles. The average molecular weight is 442 g/mol. The maximum atomic E-state index is 12.9. The van der Waals surface area contributed by atoms with Crippen molar-refractivity contribution in [3.8, 4) is 11.1 Å². The van der Waals surface area contributed by atoms with Gasteiger partial charge in [0, 0.05) is 39.0 Å². The zero-order valence-electron chi connectivity index (χ0n) is 19.2. The standard InChI is InChI=1S/C28H31N3O2/c1-29-27(33)28(20-23-9-12-24(13-10-23)25-8-5-17-30-21-25)15-18-31(19-16-28)26(32)14-11-22-6-3-2-4-7-22/h2-10,12-13,17,21H,11,14-16,18-20H2,1H3,(H,29,33). The minimum absolute atomic E-state index is 0.0650. The van der Waals surface area contributed by atoms with Crippen LogP contribution in [0.3, 0.4) is 0 Å². The van der Waals surface area contributed by atoms with Gasteiger partial charge in [0.15, 0.2) is 0 Å². The highest BCUT2D eigenvalue weighted by atomic mass is 16.2. The number of carbonyl (C=O) groups is 2. The zero-order valence-corrected chi connectivity index (χ0v) is 19.2. The summed E-state index contributed by atoms with van der Waals surface area (Å²) in [7, 11) is 1.70. The van der Waals surface area contributed by atoms with Crippen LogP contribution >= 0.6 is 0 Å². The third-order valence-corrected chi connectivity index (χ3v) is 6.74. The van der Waals surface area contributed by atoms with E-state index in [2.05, 4.69) is 46.7 Å². The molecule has 0 unspecified atom stereocenters. The van der Waals surface area contributed by atoms with Crippen LogP contribution in [0.15, 0.2) is 79.1 Å². The first-order valence-corrected chi connectivity index (χ1v) is 11.6. The van der Waals surface area contributed by atoms with Gasteiger partial charge >= 0.3 is 0 Å². The molecule has 1 aliphatic rings. The third kappa shape index (κ3) is 5.48. The Morgan fingerprint density at radius 3 is 2.27 bits per heavy atom. The van der Waals surface area contributed by atoms with Gasteiger partial charge in [0.25, 0.3) is 0 Å². The van der Waals surface area contributed by atoms with Crippen LogP contribution in [0.2, 0.25) is 0 Å². The van der Waals surface area contributed by atoms with Gasteiger partial charge in [-0.3, -0.25) is 14.6 Å². The first-order chi connectivity index (χ1) is 16.1. The van der Waals surface area contributed by atoms with Gasteiger partial charge in [0.1, 0.15) is 0 Å². The van der Waals surface area contributed by atoms with E-state index < -0.39 is 5.41 Å². The van der Waals surface area contributed by atoms with E-state index in [1.807, 2.05) is 41.4 Å². The van der Waals surface area contributed by atoms with Gasteiger partial charge in [-0.15, -0.1) is 0 Å². The van der Waals surface area contributed by atoms with Crippen molar-refractivity contribution in [1.29, 1.82) is 0 Å². The van der Waals surface area contributed by atoms with Crippen molar-refractivity contribution in [2.45, 2.75) is 32.1 Å². The summed E-state index contributed by atoms with van der Waals surface area (Å²) in [5.41, 5.74) is 4.01. The van der Waals surface area contributed by atoms with Gasteiger partial charge in [0.2, 0.25) is 11.8 Å². The number of pyridine rings is 1. The lowest BCUT2D eigenvalue weighted by atomic mass is 9.72. The molecule has 0 saturated carbocycles. The fourth-order valence-corrected chi connectivity index (χ4v) is 4.73. The summed E-state index contributed by atoms with van der Waals surface area (Å²) in [6.07, 6.45) is 6.90. The van der Waals surface area contributed by atoms with Crippen LogP contribution in [0.5, 0.6) is 0 Å². The van der Waals surface area contributed by atoms with Crippen LogP contribution in [-0.2, 0) is 22.4 Å². The predicted molar refractivity (Wildman–Crippen MR) is 130 cm³/mol. The summed E-state index contributed by atoms with van der Waals surface area (Å²) in [6.45, 7) is 1.24. The minimum Gasteiger partial charge on any atom is -0.359 e. The summed E-state index contributed by atoms with van der Waals surface area (Å²) in [6, 6.07) is 22.5. The molecule has 1 aromatic heterocycles. The number of amides is 2. The Labute approximate surface area is 195 Å². The molecule has 0 atom stereocenters. The molecule has 2 aromatic carbocycles. The second-order valence-electron chi connectivity index (χ2n) is 8.84. The lowest BCUT2D eigenvalue weighted by Crippen LogP contribution is -2.50. The van der Waals surface area contributed by atoms with Gasteiger partial charge in [-0.25, -0.2) is 0 Å². The van der Waals surface area contributed by atoms with Crippen LogP contribution < -0.4 is 5.32 Å². The highest BCUT2D eigenvalue weighted by Gasteiger charge is 2.41. The Morgan fingerprint density at radius 1 is 0.909 bits per heavy atom. The monoisotopic (exact) mass is 441 g/mol. The zero-order chi connectivity index (χ0) is 23.1. The molecule has 1 aliphatic heterocycles. The number of nitrogens with one attached hydrogen (secondary N) is 1. The highest BCUT2D eigenvalue weighted by Crippen LogP contribution is 2.36. The summed E-state index contributed by atoms with van der Waals surface area (Å²) in [5.74, 6) is 0.236. The van der Waals surface area contributed by atoms with Crippen LogP contribution in [0.4, 0.5) is 0 Å². The molecule has 3 aromatic rings. The van der Waals surface area contributed by atoms with E-state index in [0.29, 0.717) is 38.8 Å². The Balaban J connectivity index is 1.39. The second-order valence-corrected chi connectivity index (χ2v) is 8.84. The second kappa shape index (κ2) is 10.4. The van der Waals surface area contributed by atoms with Crippen LogP contribution in [0, 0.1) is 5.41 Å². The highest BCUT2D eigenvalue weighted by molar-refractivity contribution is 5.83. The van der Waals surface area contributed by atoms with E-state index in [1.54, 1.807) is 13.2 Å².